The Morgan fingerprint density at radius 3 is 1.91 bits per heavy atom. The average Bonchev–Trinajstić information content (AvgIpc) is 2.75. The van der Waals surface area contributed by atoms with Crippen LogP contribution in [-0.2, 0) is 10.0 Å². The number of fused-ring (bicyclic) bond motifs is 1. The molecule has 0 aliphatic carbocycles. The second-order valence-electron chi connectivity index (χ2n) is 6.53. The molecule has 3 aromatic carbocycles. The Bertz CT molecular complexity index is 1350. The summed E-state index contributed by atoms with van der Waals surface area (Å²) in [4.78, 5) is 8.81. The van der Waals surface area contributed by atoms with E-state index in [4.69, 9.17) is 0 Å². The molecule has 164 valence electrons. The molecule has 11 heteroatoms. The second kappa shape index (κ2) is 8.35. The first-order chi connectivity index (χ1) is 15.2. The number of hydrogen-bond acceptors (Lipinski definition) is 6. The molecule has 0 fully saturated rings. The summed E-state index contributed by atoms with van der Waals surface area (Å²) in [6.45, 7) is 0. The van der Waals surface area contributed by atoms with Gasteiger partial charge in [-0.2, -0.15) is 0 Å². The van der Waals surface area contributed by atoms with Gasteiger partial charge in [0.25, 0.3) is 10.0 Å². The molecule has 0 saturated heterocycles. The van der Waals surface area contributed by atoms with Crippen molar-refractivity contribution in [3.05, 3.63) is 78.9 Å². The van der Waals surface area contributed by atoms with Gasteiger partial charge in [0.1, 0.15) is 5.75 Å². The summed E-state index contributed by atoms with van der Waals surface area (Å²) in [5.41, 5.74) is 1.30. The van der Waals surface area contributed by atoms with Gasteiger partial charge in [0, 0.05) is 5.69 Å². The molecule has 0 aliphatic heterocycles. The number of aromatic nitrogens is 2. The molecule has 0 spiro atoms. The number of ether oxygens (including phenoxy) is 1. The van der Waals surface area contributed by atoms with Crippen molar-refractivity contribution >= 4 is 38.4 Å². The van der Waals surface area contributed by atoms with Gasteiger partial charge in [0.05, 0.1) is 15.9 Å². The van der Waals surface area contributed by atoms with Crippen LogP contribution in [0.4, 0.5) is 30.5 Å². The minimum absolute atomic E-state index is 0.0366. The molecule has 0 saturated carbocycles. The van der Waals surface area contributed by atoms with E-state index in [0.29, 0.717) is 16.7 Å². The van der Waals surface area contributed by atoms with E-state index in [1.54, 1.807) is 42.5 Å². The molecule has 0 amide bonds. The van der Waals surface area contributed by atoms with Gasteiger partial charge < -0.3 is 10.1 Å². The predicted molar refractivity (Wildman–Crippen MR) is 113 cm³/mol. The maximum atomic E-state index is 12.8. The Balaban J connectivity index is 1.69. The van der Waals surface area contributed by atoms with E-state index in [2.05, 4.69) is 24.7 Å². The zero-order valence-corrected chi connectivity index (χ0v) is 17.0. The van der Waals surface area contributed by atoms with Gasteiger partial charge in [-0.05, 0) is 48.5 Å². The summed E-state index contributed by atoms with van der Waals surface area (Å²) in [7, 11) is -3.96. The number of alkyl halides is 3. The highest BCUT2D eigenvalue weighted by atomic mass is 32.2. The number of hydrogen-bond donors (Lipinski definition) is 2. The molecular weight excluding hydrogens is 445 g/mol. The van der Waals surface area contributed by atoms with Crippen LogP contribution in [0.25, 0.3) is 11.0 Å². The van der Waals surface area contributed by atoms with E-state index in [1.807, 2.05) is 0 Å². The quantitative estimate of drug-likeness (QED) is 0.417. The minimum Gasteiger partial charge on any atom is -0.406 e. The van der Waals surface area contributed by atoms with Crippen LogP contribution >= 0.6 is 0 Å². The third-order valence-electron chi connectivity index (χ3n) is 4.21. The zero-order valence-electron chi connectivity index (χ0n) is 16.2. The van der Waals surface area contributed by atoms with E-state index in [1.165, 1.54) is 24.3 Å². The zero-order chi connectivity index (χ0) is 22.8. The lowest BCUT2D eigenvalue weighted by molar-refractivity contribution is -0.274. The molecule has 1 aromatic heterocycles. The number of rotatable bonds is 6. The number of benzene rings is 3. The van der Waals surface area contributed by atoms with E-state index < -0.39 is 22.1 Å². The first-order valence-corrected chi connectivity index (χ1v) is 10.7. The summed E-state index contributed by atoms with van der Waals surface area (Å²) in [6, 6.07) is 19.5. The van der Waals surface area contributed by atoms with Crippen LogP contribution in [0.2, 0.25) is 0 Å². The van der Waals surface area contributed by atoms with Crippen LogP contribution in [0.15, 0.2) is 83.8 Å². The maximum Gasteiger partial charge on any atom is 0.573 e. The van der Waals surface area contributed by atoms with Gasteiger partial charge >= 0.3 is 6.36 Å². The molecule has 1 heterocycles. The van der Waals surface area contributed by atoms with Crippen LogP contribution in [0.1, 0.15) is 0 Å². The van der Waals surface area contributed by atoms with Crippen molar-refractivity contribution in [3.63, 3.8) is 0 Å². The Morgan fingerprint density at radius 2 is 1.31 bits per heavy atom. The molecule has 32 heavy (non-hydrogen) atoms. The normalized spacial score (nSPS) is 11.8. The SMILES string of the molecule is O=S(=O)(Nc1nc2ccccc2nc1Nc1ccc(OC(F)(F)F)cc1)c1ccccc1. The fourth-order valence-electron chi connectivity index (χ4n) is 2.82. The van der Waals surface area contributed by atoms with Gasteiger partial charge in [-0.25, -0.2) is 18.4 Å². The fraction of sp³-hybridized carbons (Fsp3) is 0.0476. The largest absolute Gasteiger partial charge is 0.573 e. The highest BCUT2D eigenvalue weighted by Crippen LogP contribution is 2.29. The molecular formula is C21H15F3N4O3S. The number of halogens is 3. The highest BCUT2D eigenvalue weighted by Gasteiger charge is 2.31. The molecule has 0 atom stereocenters. The number of nitrogens with one attached hydrogen (secondary N) is 2. The van der Waals surface area contributed by atoms with Gasteiger partial charge in [0.2, 0.25) is 0 Å². The number of anilines is 3. The van der Waals surface area contributed by atoms with Gasteiger partial charge in [-0.3, -0.25) is 4.72 Å². The van der Waals surface area contributed by atoms with Crippen molar-refractivity contribution in [2.24, 2.45) is 0 Å². The van der Waals surface area contributed by atoms with Crippen molar-refractivity contribution in [3.8, 4) is 5.75 Å². The number of para-hydroxylation sites is 2. The lowest BCUT2D eigenvalue weighted by Crippen LogP contribution is -2.17. The average molecular weight is 460 g/mol. The van der Waals surface area contributed by atoms with Crippen molar-refractivity contribution in [2.75, 3.05) is 10.0 Å². The summed E-state index contributed by atoms with van der Waals surface area (Å²) in [5.74, 6) is -0.381. The third kappa shape index (κ3) is 5.06. The van der Waals surface area contributed by atoms with E-state index >= 15 is 0 Å². The van der Waals surface area contributed by atoms with E-state index in [-0.39, 0.29) is 16.5 Å². The van der Waals surface area contributed by atoms with Crippen LogP contribution in [-0.4, -0.2) is 24.7 Å². The molecule has 0 radical (unpaired) electrons. The summed E-state index contributed by atoms with van der Waals surface area (Å²) >= 11 is 0. The summed E-state index contributed by atoms with van der Waals surface area (Å²) in [5, 5.41) is 2.89. The van der Waals surface area contributed by atoms with E-state index in [9.17, 15) is 21.6 Å². The molecule has 7 nitrogen and oxygen atoms in total. The Kier molecular flexibility index (Phi) is 5.57. The highest BCUT2D eigenvalue weighted by molar-refractivity contribution is 7.92. The van der Waals surface area contributed by atoms with Crippen LogP contribution in [0, 0.1) is 0 Å². The third-order valence-corrected chi connectivity index (χ3v) is 5.56. The van der Waals surface area contributed by atoms with Crippen LogP contribution < -0.4 is 14.8 Å². The molecule has 0 bridgehead atoms. The molecule has 4 aromatic rings. The van der Waals surface area contributed by atoms with Crippen LogP contribution in [0.3, 0.4) is 0 Å². The van der Waals surface area contributed by atoms with Gasteiger partial charge in [0.15, 0.2) is 11.6 Å². The van der Waals surface area contributed by atoms with Gasteiger partial charge in [-0.1, -0.05) is 30.3 Å². The molecule has 2 N–H and O–H groups in total. The maximum absolute atomic E-state index is 12.8. The molecule has 0 aliphatic rings. The minimum atomic E-state index is -4.80. The summed E-state index contributed by atoms with van der Waals surface area (Å²) in [6.07, 6.45) is -4.80. The Morgan fingerprint density at radius 1 is 0.750 bits per heavy atom. The first-order valence-electron chi connectivity index (χ1n) is 9.17. The molecule has 4 rings (SSSR count). The van der Waals surface area contributed by atoms with Crippen LogP contribution in [0.5, 0.6) is 5.75 Å². The topological polar surface area (TPSA) is 93.2 Å². The van der Waals surface area contributed by atoms with Crippen molar-refractivity contribution in [1.29, 1.82) is 0 Å². The monoisotopic (exact) mass is 460 g/mol. The standard InChI is InChI=1S/C21H15F3N4O3S/c22-21(23,24)31-15-12-10-14(11-13-15)25-19-20(27-18-9-5-4-8-17(18)26-19)28-32(29,30)16-6-2-1-3-7-16/h1-13H,(H,25,26)(H,27,28). The smallest absolute Gasteiger partial charge is 0.406 e. The fourth-order valence-corrected chi connectivity index (χ4v) is 3.85. The first kappa shape index (κ1) is 21.4. The Labute approximate surface area is 181 Å². The van der Waals surface area contributed by atoms with Crippen molar-refractivity contribution < 1.29 is 26.3 Å². The van der Waals surface area contributed by atoms with Gasteiger partial charge in [-0.15, -0.1) is 13.2 Å². The number of sulfonamides is 1. The van der Waals surface area contributed by atoms with Crippen molar-refractivity contribution in [1.82, 2.24) is 9.97 Å². The lowest BCUT2D eigenvalue weighted by Gasteiger charge is -2.14. The number of nitrogens with zero attached hydrogens (tertiary/aromatic N) is 2. The van der Waals surface area contributed by atoms with E-state index in [0.717, 1.165) is 12.1 Å². The van der Waals surface area contributed by atoms with Crippen molar-refractivity contribution in [2.45, 2.75) is 11.3 Å². The second-order valence-corrected chi connectivity index (χ2v) is 8.21. The lowest BCUT2D eigenvalue weighted by atomic mass is 10.3. The predicted octanol–water partition coefficient (Wildman–Crippen LogP) is 5.07. The summed E-state index contributed by atoms with van der Waals surface area (Å²) < 4.78 is 69.0. The molecule has 0 unspecified atom stereocenters. The Hall–Kier alpha value is -3.86.